The van der Waals surface area contributed by atoms with E-state index in [1.54, 1.807) is 66.6 Å². The Morgan fingerprint density at radius 2 is 1.12 bits per heavy atom. The van der Waals surface area contributed by atoms with E-state index in [9.17, 15) is 23.5 Å². The molecule has 51 heavy (non-hydrogen) atoms. The smallest absolute Gasteiger partial charge is 0.870 e. The summed E-state index contributed by atoms with van der Waals surface area (Å²) in [5.74, 6) is -0.806. The van der Waals surface area contributed by atoms with Crippen LogP contribution in [0.25, 0.3) is 11.6 Å². The summed E-state index contributed by atoms with van der Waals surface area (Å²) in [5.41, 5.74) is 3.59. The average molecular weight is 723 g/mol. The molecule has 260 valence electrons. The molecule has 2 N–H and O–H groups in total. The zero-order valence-electron chi connectivity index (χ0n) is 27.5. The predicted octanol–water partition coefficient (Wildman–Crippen LogP) is 3.72. The number of benzene rings is 2. The van der Waals surface area contributed by atoms with Crippen LogP contribution < -0.4 is 51.4 Å². The van der Waals surface area contributed by atoms with Crippen molar-refractivity contribution in [2.45, 2.75) is 40.0 Å². The molecular weight excluding hydrogens is 686 g/mol. The molecule has 11 nitrogen and oxygen atoms in total. The number of ether oxygens (including phenoxy) is 1. The number of carboxylic acids is 1. The van der Waals surface area contributed by atoms with E-state index in [1.807, 2.05) is 24.3 Å². The van der Waals surface area contributed by atoms with Crippen LogP contribution >= 0.6 is 0 Å². The molecule has 0 unspecified atom stereocenters. The van der Waals surface area contributed by atoms with Gasteiger partial charge in [-0.25, -0.2) is 37.7 Å². The second kappa shape index (κ2) is 21.0. The van der Waals surface area contributed by atoms with E-state index in [0.717, 1.165) is 11.1 Å². The third-order valence-corrected chi connectivity index (χ3v) is 7.20. The minimum Gasteiger partial charge on any atom is -0.870 e. The van der Waals surface area contributed by atoms with E-state index in [0.29, 0.717) is 60.9 Å². The standard InChI is InChI=1S/C19H18FN3O2.C17H14FN3O2.CH4.K.H2O/c1-2-25-19(24)16-13-23(18-5-3-4-12-21-18)22-17(16)11-8-14-6-9-15(20)10-7-14;18-13-7-4-12(5-8-13)6-9-15-14(17(22)23)11-21(20-15)16-3-1-2-10-19-16;;;/h3-7,9-10,12-13H,2,8,11H2,1H3;1-5,7-8,10-11H,6,9H2,(H,22,23);1H4;;1H2/q;;;+1;/p-1. The van der Waals surface area contributed by atoms with Crippen molar-refractivity contribution in [3.63, 3.8) is 0 Å². The Bertz CT molecular complexity index is 1960. The summed E-state index contributed by atoms with van der Waals surface area (Å²) in [6.07, 6.45) is 8.61. The van der Waals surface area contributed by atoms with Gasteiger partial charge in [0.1, 0.15) is 22.8 Å². The summed E-state index contributed by atoms with van der Waals surface area (Å²) in [4.78, 5) is 32.0. The van der Waals surface area contributed by atoms with Gasteiger partial charge in [-0.1, -0.05) is 43.8 Å². The molecule has 6 rings (SSSR count). The van der Waals surface area contributed by atoms with Crippen molar-refractivity contribution >= 4 is 11.9 Å². The second-order valence-corrected chi connectivity index (χ2v) is 10.5. The molecule has 0 bridgehead atoms. The minimum absolute atomic E-state index is 0. The summed E-state index contributed by atoms with van der Waals surface area (Å²) in [7, 11) is 0. The number of rotatable bonds is 11. The van der Waals surface area contributed by atoms with Gasteiger partial charge in [0, 0.05) is 24.8 Å². The molecule has 0 radical (unpaired) electrons. The Balaban J connectivity index is 0.000000335. The van der Waals surface area contributed by atoms with Gasteiger partial charge >= 0.3 is 63.3 Å². The molecule has 0 fully saturated rings. The van der Waals surface area contributed by atoms with Crippen LogP contribution in [0.15, 0.2) is 110 Å². The number of carbonyl (C=O) groups excluding carboxylic acids is 1. The first kappa shape index (κ1) is 42.7. The molecule has 4 aromatic heterocycles. The molecule has 0 amide bonds. The molecular formula is C37H37F2KN6O5. The van der Waals surface area contributed by atoms with E-state index < -0.39 is 11.9 Å². The SMILES string of the molecule is C.CCOC(=O)c1cn(-c2ccccn2)nc1CCc1ccc(F)cc1.O=C(O)c1cn(-c2ccccn2)nc1CCc1ccc(F)cc1.[K+].[OH-]. The monoisotopic (exact) mass is 722 g/mol. The third-order valence-electron chi connectivity index (χ3n) is 7.20. The Morgan fingerprint density at radius 1 is 0.686 bits per heavy atom. The number of hydrogen-bond acceptors (Lipinski definition) is 8. The zero-order chi connectivity index (χ0) is 33.9. The van der Waals surface area contributed by atoms with Crippen molar-refractivity contribution in [3.8, 4) is 11.6 Å². The normalized spacial score (nSPS) is 10.0. The Hall–Kier alpha value is -4.44. The van der Waals surface area contributed by atoms with Gasteiger partial charge in [0.05, 0.1) is 18.0 Å². The fourth-order valence-corrected chi connectivity index (χ4v) is 4.79. The second-order valence-electron chi connectivity index (χ2n) is 10.5. The number of carboxylic acid groups (broad SMARTS) is 1. The molecule has 4 heterocycles. The number of hydrogen-bond donors (Lipinski definition) is 1. The number of halogens is 2. The Kier molecular flexibility index (Phi) is 17.6. The maximum Gasteiger partial charge on any atom is 1.00 e. The van der Waals surface area contributed by atoms with E-state index in [2.05, 4.69) is 20.2 Å². The van der Waals surface area contributed by atoms with E-state index >= 15 is 0 Å². The van der Waals surface area contributed by atoms with Crippen LogP contribution in [0, 0.1) is 11.6 Å². The fourth-order valence-electron chi connectivity index (χ4n) is 4.79. The molecule has 2 aromatic carbocycles. The number of aryl methyl sites for hydroxylation is 4. The van der Waals surface area contributed by atoms with Crippen LogP contribution in [0.3, 0.4) is 0 Å². The van der Waals surface area contributed by atoms with Crippen LogP contribution in [0.5, 0.6) is 0 Å². The molecule has 0 aliphatic rings. The van der Waals surface area contributed by atoms with Crippen molar-refractivity contribution in [1.29, 1.82) is 0 Å². The quantitative estimate of drug-likeness (QED) is 0.156. The van der Waals surface area contributed by atoms with Crippen LogP contribution in [-0.2, 0) is 30.4 Å². The predicted molar refractivity (Wildman–Crippen MR) is 182 cm³/mol. The van der Waals surface area contributed by atoms with E-state index in [1.165, 1.54) is 35.1 Å². The Labute approximate surface area is 337 Å². The van der Waals surface area contributed by atoms with E-state index in [4.69, 9.17) is 4.74 Å². The molecule has 0 saturated heterocycles. The number of esters is 1. The molecule has 0 saturated carbocycles. The van der Waals surface area contributed by atoms with Crippen molar-refractivity contribution in [3.05, 3.63) is 155 Å². The molecule has 6 aromatic rings. The number of nitrogens with zero attached hydrogens (tertiary/aromatic N) is 6. The van der Waals surface area contributed by atoms with Crippen LogP contribution in [-0.4, -0.2) is 58.7 Å². The molecule has 0 atom stereocenters. The minimum atomic E-state index is -1.03. The zero-order valence-corrected chi connectivity index (χ0v) is 30.6. The molecule has 0 aliphatic carbocycles. The first-order valence-electron chi connectivity index (χ1n) is 15.2. The van der Waals surface area contributed by atoms with Gasteiger partial charge in [0.15, 0.2) is 11.6 Å². The number of carbonyl (C=O) groups is 2. The topological polar surface area (TPSA) is 155 Å². The summed E-state index contributed by atoms with van der Waals surface area (Å²) < 4.78 is 34.1. The number of pyridine rings is 2. The molecule has 14 heteroatoms. The summed E-state index contributed by atoms with van der Waals surface area (Å²) in [6.45, 7) is 2.06. The van der Waals surface area contributed by atoms with Gasteiger partial charge in [0.2, 0.25) is 0 Å². The summed E-state index contributed by atoms with van der Waals surface area (Å²) in [5, 5.41) is 18.2. The first-order chi connectivity index (χ1) is 23.3. The van der Waals surface area contributed by atoms with Gasteiger partial charge < -0.3 is 15.3 Å². The van der Waals surface area contributed by atoms with Gasteiger partial charge in [-0.2, -0.15) is 10.2 Å². The fraction of sp³-hybridized carbons (Fsp3) is 0.189. The number of aromatic carboxylic acids is 1. The largest absolute Gasteiger partial charge is 1.00 e. The van der Waals surface area contributed by atoms with Gasteiger partial charge in [-0.3, -0.25) is 0 Å². The van der Waals surface area contributed by atoms with Crippen LogP contribution in [0.4, 0.5) is 8.78 Å². The van der Waals surface area contributed by atoms with Crippen molar-refractivity contribution in [1.82, 2.24) is 29.5 Å². The van der Waals surface area contributed by atoms with Crippen LogP contribution in [0.2, 0.25) is 0 Å². The average Bonchev–Trinajstić information content (AvgIpc) is 3.75. The summed E-state index contributed by atoms with van der Waals surface area (Å²) in [6, 6.07) is 23.3. The third kappa shape index (κ3) is 12.1. The van der Waals surface area contributed by atoms with E-state index in [-0.39, 0.29) is 81.5 Å². The summed E-state index contributed by atoms with van der Waals surface area (Å²) >= 11 is 0. The van der Waals surface area contributed by atoms with Gasteiger partial charge in [-0.15, -0.1) is 0 Å². The van der Waals surface area contributed by atoms with Gasteiger partial charge in [0.25, 0.3) is 0 Å². The molecule has 0 spiro atoms. The maximum absolute atomic E-state index is 13.0. The Morgan fingerprint density at radius 3 is 1.51 bits per heavy atom. The van der Waals surface area contributed by atoms with Crippen molar-refractivity contribution < 1.29 is 85.1 Å². The van der Waals surface area contributed by atoms with Crippen molar-refractivity contribution in [2.75, 3.05) is 6.61 Å². The number of aromatic nitrogens is 6. The van der Waals surface area contributed by atoms with Crippen molar-refractivity contribution in [2.24, 2.45) is 0 Å². The first-order valence-corrected chi connectivity index (χ1v) is 15.2. The van der Waals surface area contributed by atoms with Gasteiger partial charge in [-0.05, 0) is 92.3 Å². The molecule has 0 aliphatic heterocycles. The van der Waals surface area contributed by atoms with Crippen LogP contribution in [0.1, 0.15) is 57.6 Å². The maximum atomic E-state index is 13.0.